The molecule has 0 spiro atoms. The van der Waals surface area contributed by atoms with Crippen LogP contribution in [-0.2, 0) is 11.0 Å². The summed E-state index contributed by atoms with van der Waals surface area (Å²) < 4.78 is 138. The van der Waals surface area contributed by atoms with Crippen LogP contribution in [0.25, 0.3) is 5.69 Å². The Balaban J connectivity index is 1.59. The van der Waals surface area contributed by atoms with E-state index in [4.69, 9.17) is 11.0 Å². The summed E-state index contributed by atoms with van der Waals surface area (Å²) in [6.07, 6.45) is -3.59. The van der Waals surface area contributed by atoms with Gasteiger partial charge >= 0.3 is 6.18 Å². The van der Waals surface area contributed by atoms with E-state index >= 15 is 0 Å². The summed E-state index contributed by atoms with van der Waals surface area (Å²) in [5.74, 6) is -4.28. The van der Waals surface area contributed by atoms with Crippen molar-refractivity contribution >= 4 is 23.2 Å². The van der Waals surface area contributed by atoms with E-state index in [0.717, 1.165) is 29.2 Å². The summed E-state index contributed by atoms with van der Waals surface area (Å²) in [6.45, 7) is -14.3. The molecule has 0 atom stereocenters. The number of carbonyl (C=O) groups excluding carboxylic acids is 1. The van der Waals surface area contributed by atoms with E-state index in [0.29, 0.717) is 18.2 Å². The van der Waals surface area contributed by atoms with Crippen LogP contribution in [0.2, 0.25) is 0 Å². The molecular formula is C23H21F5N6O. The van der Waals surface area contributed by atoms with E-state index in [1.807, 2.05) is 0 Å². The quantitative estimate of drug-likeness (QED) is 0.528. The Hall–Kier alpha value is -3.70. The van der Waals surface area contributed by atoms with E-state index in [1.54, 1.807) is 0 Å². The fraction of sp³-hybridized carbons (Fsp3) is 0.348. The summed E-state index contributed by atoms with van der Waals surface area (Å²) in [4.78, 5) is 16.5. The second kappa shape index (κ2) is 8.82. The zero-order valence-corrected chi connectivity index (χ0v) is 17.6. The third-order valence-corrected chi connectivity index (χ3v) is 5.06. The molecule has 1 aliphatic carbocycles. The van der Waals surface area contributed by atoms with Crippen molar-refractivity contribution < 1.29 is 37.7 Å². The molecule has 35 heavy (non-hydrogen) atoms. The minimum absolute atomic E-state index is 0.0986. The first-order valence-corrected chi connectivity index (χ1v) is 10.2. The van der Waals surface area contributed by atoms with E-state index in [9.17, 15) is 26.7 Å². The molecule has 12 heteroatoms. The molecule has 1 N–H and O–H groups in total. The third kappa shape index (κ3) is 5.20. The van der Waals surface area contributed by atoms with E-state index in [2.05, 4.69) is 15.4 Å². The van der Waals surface area contributed by atoms with Gasteiger partial charge < -0.3 is 15.1 Å². The summed E-state index contributed by atoms with van der Waals surface area (Å²) in [6, 6.07) is 4.05. The molecule has 1 aromatic heterocycles. The number of hydrogen-bond donors (Lipinski definition) is 1. The Morgan fingerprint density at radius 1 is 0.971 bits per heavy atom. The van der Waals surface area contributed by atoms with Gasteiger partial charge in [-0.1, -0.05) is 0 Å². The van der Waals surface area contributed by atoms with Gasteiger partial charge in [0.05, 0.1) is 22.2 Å². The molecule has 2 aromatic carbocycles. The number of amides is 1. The lowest BCUT2D eigenvalue weighted by Crippen LogP contribution is -2.49. The lowest BCUT2D eigenvalue weighted by molar-refractivity contribution is -0.137. The van der Waals surface area contributed by atoms with Crippen LogP contribution < -0.4 is 10.2 Å². The predicted octanol–water partition coefficient (Wildman–Crippen LogP) is 4.37. The monoisotopic (exact) mass is 500 g/mol. The highest BCUT2D eigenvalue weighted by molar-refractivity contribution is 5.81. The third-order valence-electron chi connectivity index (χ3n) is 5.06. The number of carbonyl (C=O) groups is 1. The first-order valence-electron chi connectivity index (χ1n) is 14.2. The molecular weight excluding hydrogens is 471 g/mol. The molecule has 1 aliphatic heterocycles. The summed E-state index contributed by atoms with van der Waals surface area (Å²) >= 11 is 0. The maximum atomic E-state index is 14.0. The van der Waals surface area contributed by atoms with Crippen molar-refractivity contribution in [2.45, 2.75) is 19.0 Å². The molecule has 7 nitrogen and oxygen atoms in total. The number of benzene rings is 2. The van der Waals surface area contributed by atoms with Crippen LogP contribution in [0.4, 0.5) is 39.3 Å². The van der Waals surface area contributed by atoms with Crippen LogP contribution in [0.3, 0.4) is 0 Å². The van der Waals surface area contributed by atoms with Crippen molar-refractivity contribution in [3.63, 3.8) is 0 Å². The number of alkyl halides is 3. The average molecular weight is 501 g/mol. The normalized spacial score (nSPS) is 25.6. The number of halogens is 5. The fourth-order valence-electron chi connectivity index (χ4n) is 3.23. The zero-order valence-electron chi connectivity index (χ0n) is 25.6. The van der Waals surface area contributed by atoms with Gasteiger partial charge in [-0.15, -0.1) is 5.10 Å². The Kier molecular flexibility index (Phi) is 3.86. The molecule has 2 heterocycles. The molecule has 184 valence electrons. The summed E-state index contributed by atoms with van der Waals surface area (Å²) in [5.41, 5.74) is -3.00. The second-order valence-electron chi connectivity index (χ2n) is 7.76. The van der Waals surface area contributed by atoms with Gasteiger partial charge in [0, 0.05) is 49.3 Å². The van der Waals surface area contributed by atoms with Gasteiger partial charge in [-0.3, -0.25) is 4.79 Å². The fourth-order valence-corrected chi connectivity index (χ4v) is 3.23. The van der Waals surface area contributed by atoms with Crippen LogP contribution in [0, 0.1) is 17.6 Å². The molecule has 3 aromatic rings. The topological polar surface area (TPSA) is 66.3 Å². The molecule has 0 bridgehead atoms. The molecule has 0 unspecified atom stereocenters. The zero-order chi connectivity index (χ0) is 31.9. The molecule has 1 saturated carbocycles. The number of piperazine rings is 1. The van der Waals surface area contributed by atoms with Gasteiger partial charge in [-0.2, -0.15) is 18.2 Å². The Labute approximate surface area is 208 Å². The van der Waals surface area contributed by atoms with Crippen molar-refractivity contribution in [2.75, 3.05) is 36.2 Å². The van der Waals surface area contributed by atoms with Crippen molar-refractivity contribution in [3.05, 3.63) is 59.9 Å². The van der Waals surface area contributed by atoms with Gasteiger partial charge in [-0.05, 0) is 43.2 Å². The molecule has 0 radical (unpaired) electrons. The minimum Gasteiger partial charge on any atom is -0.368 e. The number of nitrogens with one attached hydrogen (secondary N) is 1. The van der Waals surface area contributed by atoms with E-state index < -0.39 is 78.5 Å². The molecule has 5 rings (SSSR count). The first-order chi connectivity index (χ1) is 19.7. The molecule has 2 fully saturated rings. The van der Waals surface area contributed by atoms with Crippen molar-refractivity contribution in [1.29, 1.82) is 0 Å². The minimum atomic E-state index is -5.10. The highest BCUT2D eigenvalue weighted by Gasteiger charge is 2.35. The number of rotatable bonds is 5. The highest BCUT2D eigenvalue weighted by Crippen LogP contribution is 2.36. The van der Waals surface area contributed by atoms with Gasteiger partial charge in [0.1, 0.15) is 18.0 Å². The Morgan fingerprint density at radius 2 is 1.66 bits per heavy atom. The molecule has 2 aliphatic rings. The van der Waals surface area contributed by atoms with E-state index in [-0.39, 0.29) is 28.3 Å². The average Bonchev–Trinajstić information content (AvgIpc) is 3.60. The van der Waals surface area contributed by atoms with Crippen LogP contribution in [0.15, 0.2) is 42.7 Å². The lowest BCUT2D eigenvalue weighted by atomic mass is 10.1. The van der Waals surface area contributed by atoms with Gasteiger partial charge in [-0.25, -0.2) is 13.5 Å². The van der Waals surface area contributed by atoms with Gasteiger partial charge in [0.25, 0.3) is 0 Å². The van der Waals surface area contributed by atoms with Crippen molar-refractivity contribution in [2.24, 2.45) is 5.92 Å². The number of nitrogens with zero attached hydrogens (tertiary/aromatic N) is 5. The second-order valence-corrected chi connectivity index (χ2v) is 7.76. The van der Waals surface area contributed by atoms with Crippen molar-refractivity contribution in [3.8, 4) is 5.69 Å². The largest absolute Gasteiger partial charge is 0.416 e. The summed E-state index contributed by atoms with van der Waals surface area (Å²) in [5, 5.41) is 6.31. The van der Waals surface area contributed by atoms with Gasteiger partial charge in [0.2, 0.25) is 11.9 Å². The maximum absolute atomic E-state index is 14.0. The van der Waals surface area contributed by atoms with E-state index in [1.165, 1.54) is 0 Å². The number of anilines is 3. The van der Waals surface area contributed by atoms with Crippen LogP contribution in [0.5, 0.6) is 0 Å². The van der Waals surface area contributed by atoms with Gasteiger partial charge in [0.15, 0.2) is 0 Å². The van der Waals surface area contributed by atoms with Crippen LogP contribution in [0.1, 0.15) is 29.4 Å². The van der Waals surface area contributed by atoms with Crippen molar-refractivity contribution in [1.82, 2.24) is 19.7 Å². The van der Waals surface area contributed by atoms with Crippen LogP contribution >= 0.6 is 0 Å². The number of hydrogen-bond acceptors (Lipinski definition) is 5. The first kappa shape index (κ1) is 15.3. The highest BCUT2D eigenvalue weighted by atomic mass is 19.4. The Bertz CT molecular complexity index is 1550. The molecule has 1 saturated heterocycles. The number of aromatic nitrogens is 3. The lowest BCUT2D eigenvalue weighted by Gasteiger charge is -2.36. The summed E-state index contributed by atoms with van der Waals surface area (Å²) in [7, 11) is 0. The Morgan fingerprint density at radius 3 is 2.29 bits per heavy atom. The standard InChI is InChI=1S/C23H21F5N6O/c24-16-9-17(25)11-20(10-16)34-13-29-22(31-34)30-18-7-15(23(26,27)28)8-19(12-18)32-3-5-33(6-4-32)21(35)14-1-2-14/h7-14H,1-6H2,(H,30,31)/i3D2,4D2,5D2,6D2. The predicted molar refractivity (Wildman–Crippen MR) is 118 cm³/mol. The maximum Gasteiger partial charge on any atom is 0.416 e. The molecule has 1 amide bonds. The SMILES string of the molecule is [2H]C1([2H])N(C(=O)C2CC2)C([2H])([2H])C([2H])([2H])N(c2cc(Nc3ncn(-c4cc(F)cc(F)c4)n3)cc(C(F)(F)F)c2)C1([2H])[2H]. The smallest absolute Gasteiger partial charge is 0.368 e. The van der Waals surface area contributed by atoms with Crippen LogP contribution in [-0.4, -0.2) is 51.6 Å².